The van der Waals surface area contributed by atoms with Crippen LogP contribution in [0.3, 0.4) is 0 Å². The molecule has 0 saturated heterocycles. The number of hydrogen-bond donors (Lipinski definition) is 1. The Kier molecular flexibility index (Phi) is 3.22. The van der Waals surface area contributed by atoms with Crippen molar-refractivity contribution < 1.29 is 9.15 Å². The van der Waals surface area contributed by atoms with Crippen molar-refractivity contribution in [3.05, 3.63) is 24.2 Å². The molecule has 2 unspecified atom stereocenters. The van der Waals surface area contributed by atoms with E-state index in [0.717, 1.165) is 31.4 Å². The van der Waals surface area contributed by atoms with E-state index in [0.29, 0.717) is 5.92 Å². The average Bonchev–Trinajstić information content (AvgIpc) is 2.77. The van der Waals surface area contributed by atoms with Crippen LogP contribution in [0.2, 0.25) is 0 Å². The predicted molar refractivity (Wildman–Crippen MR) is 54.3 cm³/mol. The van der Waals surface area contributed by atoms with E-state index in [9.17, 15) is 0 Å². The number of rotatable bonds is 6. The van der Waals surface area contributed by atoms with E-state index in [2.05, 4.69) is 11.4 Å². The molecule has 78 valence electrons. The molecule has 14 heavy (non-hydrogen) atoms. The van der Waals surface area contributed by atoms with Crippen molar-refractivity contribution in [3.63, 3.8) is 0 Å². The normalized spacial score (nSPS) is 25.2. The maximum Gasteiger partial charge on any atom is 0.107 e. The number of ether oxygens (including phenoxy) is 1. The van der Waals surface area contributed by atoms with Gasteiger partial charge in [-0.2, -0.15) is 0 Å². The molecule has 1 fully saturated rings. The Morgan fingerprint density at radius 1 is 1.64 bits per heavy atom. The lowest BCUT2D eigenvalue weighted by molar-refractivity contribution is 0.199. The average molecular weight is 195 g/mol. The molecule has 2 rings (SSSR count). The van der Waals surface area contributed by atoms with Gasteiger partial charge in [-0.25, -0.2) is 0 Å². The van der Waals surface area contributed by atoms with Crippen LogP contribution >= 0.6 is 0 Å². The summed E-state index contributed by atoms with van der Waals surface area (Å²) < 4.78 is 10.3. The molecule has 1 aromatic rings. The van der Waals surface area contributed by atoms with Crippen LogP contribution in [0.4, 0.5) is 0 Å². The fourth-order valence-corrected chi connectivity index (χ4v) is 1.79. The van der Waals surface area contributed by atoms with Gasteiger partial charge in [0.1, 0.15) is 5.76 Å². The number of hydrogen-bond acceptors (Lipinski definition) is 3. The summed E-state index contributed by atoms with van der Waals surface area (Å²) in [7, 11) is 1.73. The quantitative estimate of drug-likeness (QED) is 0.700. The molecule has 0 amide bonds. The first-order valence-corrected chi connectivity index (χ1v) is 5.15. The van der Waals surface area contributed by atoms with Crippen molar-refractivity contribution in [2.75, 3.05) is 26.8 Å². The van der Waals surface area contributed by atoms with E-state index in [-0.39, 0.29) is 0 Å². The molecule has 3 nitrogen and oxygen atoms in total. The topological polar surface area (TPSA) is 34.4 Å². The number of nitrogens with one attached hydrogen (secondary N) is 1. The second-order valence-corrected chi connectivity index (χ2v) is 3.81. The molecule has 0 aliphatic heterocycles. The van der Waals surface area contributed by atoms with Crippen molar-refractivity contribution in [1.29, 1.82) is 0 Å². The van der Waals surface area contributed by atoms with E-state index in [1.54, 1.807) is 13.4 Å². The lowest BCUT2D eigenvalue weighted by atomic mass is 10.2. The first-order chi connectivity index (χ1) is 6.92. The highest BCUT2D eigenvalue weighted by atomic mass is 16.5. The summed E-state index contributed by atoms with van der Waals surface area (Å²) in [5.74, 6) is 2.56. The highest BCUT2D eigenvalue weighted by Crippen LogP contribution is 2.46. The zero-order chi connectivity index (χ0) is 9.80. The Labute approximate surface area is 84.4 Å². The van der Waals surface area contributed by atoms with Crippen molar-refractivity contribution in [2.45, 2.75) is 12.3 Å². The van der Waals surface area contributed by atoms with Crippen LogP contribution < -0.4 is 5.32 Å². The molecular formula is C11H17NO2. The van der Waals surface area contributed by atoms with E-state index < -0.39 is 0 Å². The van der Waals surface area contributed by atoms with E-state index in [4.69, 9.17) is 9.15 Å². The summed E-state index contributed by atoms with van der Waals surface area (Å²) >= 11 is 0. The second kappa shape index (κ2) is 4.62. The van der Waals surface area contributed by atoms with Crippen molar-refractivity contribution in [3.8, 4) is 0 Å². The van der Waals surface area contributed by atoms with Gasteiger partial charge < -0.3 is 14.5 Å². The van der Waals surface area contributed by atoms with Crippen LogP contribution in [0.15, 0.2) is 22.8 Å². The zero-order valence-corrected chi connectivity index (χ0v) is 8.53. The van der Waals surface area contributed by atoms with Crippen LogP contribution in [-0.2, 0) is 4.74 Å². The van der Waals surface area contributed by atoms with Crippen molar-refractivity contribution >= 4 is 0 Å². The summed E-state index contributed by atoms with van der Waals surface area (Å²) in [4.78, 5) is 0. The molecule has 1 saturated carbocycles. The molecule has 0 bridgehead atoms. The fraction of sp³-hybridized carbons (Fsp3) is 0.636. The Morgan fingerprint density at radius 3 is 3.29 bits per heavy atom. The third-order valence-corrected chi connectivity index (χ3v) is 2.72. The molecule has 1 N–H and O–H groups in total. The summed E-state index contributed by atoms with van der Waals surface area (Å²) in [5.41, 5.74) is 0. The maximum absolute atomic E-state index is 5.36. The van der Waals surface area contributed by atoms with Crippen molar-refractivity contribution in [2.24, 2.45) is 5.92 Å². The van der Waals surface area contributed by atoms with Gasteiger partial charge >= 0.3 is 0 Å². The molecule has 0 spiro atoms. The minimum atomic E-state index is 0.653. The van der Waals surface area contributed by atoms with Crippen LogP contribution in [0, 0.1) is 5.92 Å². The van der Waals surface area contributed by atoms with Gasteiger partial charge in [-0.1, -0.05) is 0 Å². The van der Waals surface area contributed by atoms with Crippen LogP contribution in [0.25, 0.3) is 0 Å². The molecule has 1 aliphatic carbocycles. The van der Waals surface area contributed by atoms with E-state index in [1.807, 2.05) is 6.07 Å². The highest BCUT2D eigenvalue weighted by Gasteiger charge is 2.39. The Bertz CT molecular complexity index is 258. The molecule has 1 heterocycles. The van der Waals surface area contributed by atoms with Crippen LogP contribution in [-0.4, -0.2) is 26.8 Å². The zero-order valence-electron chi connectivity index (χ0n) is 8.53. The van der Waals surface area contributed by atoms with Gasteiger partial charge in [0.25, 0.3) is 0 Å². The molecule has 0 aromatic carbocycles. The molecule has 1 aromatic heterocycles. The standard InChI is InChI=1S/C11H17NO2/c1-13-6-4-12-8-9-7-10(9)11-3-2-5-14-11/h2-3,5,9-10,12H,4,6-8H2,1H3. The van der Waals surface area contributed by atoms with Gasteiger partial charge in [0.2, 0.25) is 0 Å². The van der Waals surface area contributed by atoms with Crippen LogP contribution in [0.5, 0.6) is 0 Å². The van der Waals surface area contributed by atoms with Gasteiger partial charge in [0, 0.05) is 19.6 Å². The third-order valence-electron chi connectivity index (χ3n) is 2.72. The smallest absolute Gasteiger partial charge is 0.107 e. The minimum Gasteiger partial charge on any atom is -0.469 e. The first kappa shape index (κ1) is 9.74. The Hall–Kier alpha value is -0.800. The monoisotopic (exact) mass is 195 g/mol. The van der Waals surface area contributed by atoms with Gasteiger partial charge in [-0.05, 0) is 31.0 Å². The molecular weight excluding hydrogens is 178 g/mol. The highest BCUT2D eigenvalue weighted by molar-refractivity contribution is 5.15. The minimum absolute atomic E-state index is 0.653. The second-order valence-electron chi connectivity index (χ2n) is 3.81. The fourth-order valence-electron chi connectivity index (χ4n) is 1.79. The van der Waals surface area contributed by atoms with Gasteiger partial charge in [0.15, 0.2) is 0 Å². The Morgan fingerprint density at radius 2 is 2.57 bits per heavy atom. The largest absolute Gasteiger partial charge is 0.469 e. The van der Waals surface area contributed by atoms with Crippen molar-refractivity contribution in [1.82, 2.24) is 5.32 Å². The molecule has 1 aliphatic rings. The number of furan rings is 1. The van der Waals surface area contributed by atoms with Gasteiger partial charge in [-0.3, -0.25) is 0 Å². The summed E-state index contributed by atoms with van der Waals surface area (Å²) in [6.45, 7) is 2.81. The third kappa shape index (κ3) is 2.36. The van der Waals surface area contributed by atoms with Crippen LogP contribution in [0.1, 0.15) is 18.1 Å². The lowest BCUT2D eigenvalue weighted by Crippen LogP contribution is -2.21. The SMILES string of the molecule is COCCNCC1CC1c1ccco1. The summed E-state index contributed by atoms with van der Waals surface area (Å²) in [6.07, 6.45) is 3.01. The molecule has 3 heteroatoms. The maximum atomic E-state index is 5.36. The number of methoxy groups -OCH3 is 1. The lowest BCUT2D eigenvalue weighted by Gasteiger charge is -2.02. The molecule has 2 atom stereocenters. The van der Waals surface area contributed by atoms with Gasteiger partial charge in [-0.15, -0.1) is 0 Å². The Balaban J connectivity index is 1.63. The predicted octanol–water partition coefficient (Wildman–Crippen LogP) is 1.62. The summed E-state index contributed by atoms with van der Waals surface area (Å²) in [6, 6.07) is 4.03. The van der Waals surface area contributed by atoms with Gasteiger partial charge in [0.05, 0.1) is 12.9 Å². The van der Waals surface area contributed by atoms with E-state index >= 15 is 0 Å². The summed E-state index contributed by atoms with van der Waals surface area (Å²) in [5, 5.41) is 3.37. The first-order valence-electron chi connectivity index (χ1n) is 5.15. The van der Waals surface area contributed by atoms with E-state index in [1.165, 1.54) is 6.42 Å². The molecule has 0 radical (unpaired) electrons.